The van der Waals surface area contributed by atoms with E-state index in [4.69, 9.17) is 9.57 Å². The fourth-order valence-corrected chi connectivity index (χ4v) is 2.94. The van der Waals surface area contributed by atoms with E-state index in [0.29, 0.717) is 23.4 Å². The number of nitrogens with zero attached hydrogens (tertiary/aromatic N) is 1. The van der Waals surface area contributed by atoms with Gasteiger partial charge in [-0.25, -0.2) is 0 Å². The van der Waals surface area contributed by atoms with Crippen LogP contribution in [0.2, 0.25) is 0 Å². The molecule has 0 bridgehead atoms. The van der Waals surface area contributed by atoms with Gasteiger partial charge in [-0.3, -0.25) is 9.59 Å². The molecular weight excluding hydrogens is 366 g/mol. The molecule has 0 amide bonds. The Balaban J connectivity index is 1.86. The lowest BCUT2D eigenvalue weighted by atomic mass is 9.97. The molecule has 0 fully saturated rings. The van der Waals surface area contributed by atoms with Crippen molar-refractivity contribution in [3.63, 3.8) is 0 Å². The maximum Gasteiger partial charge on any atom is 0.322 e. The van der Waals surface area contributed by atoms with E-state index >= 15 is 0 Å². The number of hydrogen-bond donors (Lipinski definition) is 0. The topological polar surface area (TPSA) is 55.8 Å². The summed E-state index contributed by atoms with van der Waals surface area (Å²) in [7, 11) is 1.65. The highest BCUT2D eigenvalue weighted by Crippen LogP contribution is 2.28. The Bertz CT molecular complexity index is 971. The second kappa shape index (κ2) is 9.66. The van der Waals surface area contributed by atoms with Crippen molar-refractivity contribution in [1.29, 1.82) is 0 Å². The van der Waals surface area contributed by atoms with Gasteiger partial charge in [0.2, 0.25) is 0 Å². The van der Waals surface area contributed by atoms with Crippen molar-refractivity contribution in [3.05, 3.63) is 90.0 Å². The van der Waals surface area contributed by atoms with Crippen molar-refractivity contribution >= 4 is 11.8 Å². The average molecular weight is 389 g/mol. The van der Waals surface area contributed by atoms with Crippen molar-refractivity contribution in [3.8, 4) is 16.9 Å². The zero-order valence-electron chi connectivity index (χ0n) is 16.5. The molecule has 0 aliphatic carbocycles. The van der Waals surface area contributed by atoms with Crippen LogP contribution in [0, 0.1) is 0 Å². The van der Waals surface area contributed by atoms with Gasteiger partial charge in [0, 0.05) is 19.5 Å². The highest BCUT2D eigenvalue weighted by Gasteiger charge is 2.16. The first-order valence-electron chi connectivity index (χ1n) is 9.36. The fraction of sp³-hybridized carbons (Fsp3) is 0.167. The minimum absolute atomic E-state index is 0.105. The second-order valence-corrected chi connectivity index (χ2v) is 6.55. The van der Waals surface area contributed by atoms with Crippen LogP contribution in [-0.4, -0.2) is 37.0 Å². The smallest absolute Gasteiger partial charge is 0.322 e. The Morgan fingerprint density at radius 2 is 1.52 bits per heavy atom. The normalized spacial score (nSPS) is 10.6. The molecule has 3 aromatic carbocycles. The molecule has 3 rings (SSSR count). The first kappa shape index (κ1) is 20.3. The number of hydroxylamine groups is 2. The Hall–Kier alpha value is -3.44. The quantitative estimate of drug-likeness (QED) is 0.423. The van der Waals surface area contributed by atoms with Gasteiger partial charge in [0.05, 0.1) is 12.1 Å². The molecule has 0 radical (unpaired) electrons. The minimum atomic E-state index is -0.389. The summed E-state index contributed by atoms with van der Waals surface area (Å²) >= 11 is 0. The fourth-order valence-electron chi connectivity index (χ4n) is 2.94. The molecule has 29 heavy (non-hydrogen) atoms. The van der Waals surface area contributed by atoms with E-state index in [1.54, 1.807) is 19.2 Å². The van der Waals surface area contributed by atoms with E-state index in [-0.39, 0.29) is 18.4 Å². The van der Waals surface area contributed by atoms with Crippen LogP contribution in [0.15, 0.2) is 78.9 Å². The summed E-state index contributed by atoms with van der Waals surface area (Å²) in [5.74, 6) is 0.00105. The third-order valence-electron chi connectivity index (χ3n) is 4.32. The molecule has 5 heteroatoms. The first-order valence-corrected chi connectivity index (χ1v) is 9.36. The van der Waals surface area contributed by atoms with Crippen LogP contribution in [0.4, 0.5) is 0 Å². The highest BCUT2D eigenvalue weighted by molar-refractivity contribution is 6.11. The number of ketones is 1. The standard InChI is InChI=1S/C24H23NO4/c1-18(26)29-25(2)15-16-28-23-14-13-21(19-9-5-3-6-10-19)17-22(23)24(27)20-11-7-4-8-12-20/h3-14,17H,15-16H2,1-2H3. The third-order valence-corrected chi connectivity index (χ3v) is 4.32. The predicted octanol–water partition coefficient (Wildman–Crippen LogP) is 4.37. The van der Waals surface area contributed by atoms with Gasteiger partial charge in [-0.1, -0.05) is 66.7 Å². The molecule has 0 saturated carbocycles. The Morgan fingerprint density at radius 3 is 2.17 bits per heavy atom. The summed E-state index contributed by atoms with van der Waals surface area (Å²) in [6, 6.07) is 24.6. The molecule has 0 heterocycles. The SMILES string of the molecule is CC(=O)ON(C)CCOc1ccc(-c2ccccc2)cc1C(=O)c1ccccc1. The van der Waals surface area contributed by atoms with Crippen molar-refractivity contribution in [2.24, 2.45) is 0 Å². The van der Waals surface area contributed by atoms with E-state index in [2.05, 4.69) is 0 Å². The Morgan fingerprint density at radius 1 is 0.862 bits per heavy atom. The molecule has 5 nitrogen and oxygen atoms in total. The van der Waals surface area contributed by atoms with E-state index in [0.717, 1.165) is 11.1 Å². The monoisotopic (exact) mass is 389 g/mol. The van der Waals surface area contributed by atoms with Crippen LogP contribution in [0.25, 0.3) is 11.1 Å². The van der Waals surface area contributed by atoms with Gasteiger partial charge in [-0.2, -0.15) is 0 Å². The van der Waals surface area contributed by atoms with Crippen LogP contribution in [0.1, 0.15) is 22.8 Å². The lowest BCUT2D eigenvalue weighted by molar-refractivity contribution is -0.182. The maximum absolute atomic E-state index is 13.1. The van der Waals surface area contributed by atoms with Gasteiger partial charge in [0.15, 0.2) is 5.78 Å². The summed E-state index contributed by atoms with van der Waals surface area (Å²) in [6.07, 6.45) is 0. The molecule has 0 atom stereocenters. The van der Waals surface area contributed by atoms with Gasteiger partial charge in [0.25, 0.3) is 0 Å². The van der Waals surface area contributed by atoms with Gasteiger partial charge in [0.1, 0.15) is 12.4 Å². The van der Waals surface area contributed by atoms with Crippen LogP contribution >= 0.6 is 0 Å². The van der Waals surface area contributed by atoms with E-state index in [1.807, 2.05) is 66.7 Å². The molecule has 0 spiro atoms. The third kappa shape index (κ3) is 5.53. The van der Waals surface area contributed by atoms with Crippen molar-refractivity contribution in [1.82, 2.24) is 5.06 Å². The Kier molecular flexibility index (Phi) is 6.76. The van der Waals surface area contributed by atoms with Crippen molar-refractivity contribution in [2.75, 3.05) is 20.2 Å². The van der Waals surface area contributed by atoms with E-state index in [9.17, 15) is 9.59 Å². The zero-order valence-corrected chi connectivity index (χ0v) is 16.5. The van der Waals surface area contributed by atoms with Crippen LogP contribution in [0.3, 0.4) is 0 Å². The number of benzene rings is 3. The van der Waals surface area contributed by atoms with Gasteiger partial charge >= 0.3 is 5.97 Å². The van der Waals surface area contributed by atoms with E-state index < -0.39 is 0 Å². The van der Waals surface area contributed by atoms with Gasteiger partial charge in [-0.15, -0.1) is 5.06 Å². The summed E-state index contributed by atoms with van der Waals surface area (Å²) in [4.78, 5) is 29.1. The summed E-state index contributed by atoms with van der Waals surface area (Å²) in [5.41, 5.74) is 3.05. The average Bonchev–Trinajstić information content (AvgIpc) is 2.74. The number of carbonyl (C=O) groups is 2. The zero-order chi connectivity index (χ0) is 20.6. The lowest BCUT2D eigenvalue weighted by Gasteiger charge is -2.17. The van der Waals surface area contributed by atoms with E-state index in [1.165, 1.54) is 12.0 Å². The molecule has 0 saturated heterocycles. The molecule has 3 aromatic rings. The van der Waals surface area contributed by atoms with Crippen molar-refractivity contribution in [2.45, 2.75) is 6.92 Å². The molecule has 0 unspecified atom stereocenters. The molecule has 148 valence electrons. The van der Waals surface area contributed by atoms with Crippen molar-refractivity contribution < 1.29 is 19.2 Å². The largest absolute Gasteiger partial charge is 0.491 e. The number of ether oxygens (including phenoxy) is 1. The first-order chi connectivity index (χ1) is 14.0. The van der Waals surface area contributed by atoms with Gasteiger partial charge < -0.3 is 9.57 Å². The number of carbonyl (C=O) groups excluding carboxylic acids is 2. The predicted molar refractivity (Wildman–Crippen MR) is 112 cm³/mol. The van der Waals surface area contributed by atoms with Gasteiger partial charge in [-0.05, 0) is 23.3 Å². The molecule has 0 N–H and O–H groups in total. The number of likely N-dealkylation sites (N-methyl/N-ethyl adjacent to an activating group) is 1. The Labute approximate surface area is 170 Å². The number of rotatable bonds is 8. The highest BCUT2D eigenvalue weighted by atomic mass is 16.7. The summed E-state index contributed by atoms with van der Waals surface area (Å²) in [6.45, 7) is 1.98. The van der Waals surface area contributed by atoms with Crippen LogP contribution in [0.5, 0.6) is 5.75 Å². The number of hydrogen-bond acceptors (Lipinski definition) is 5. The lowest BCUT2D eigenvalue weighted by Crippen LogP contribution is -2.26. The molecule has 0 aromatic heterocycles. The summed E-state index contributed by atoms with van der Waals surface area (Å²) in [5, 5.41) is 1.40. The summed E-state index contributed by atoms with van der Waals surface area (Å²) < 4.78 is 5.87. The van der Waals surface area contributed by atoms with Crippen LogP contribution < -0.4 is 4.74 Å². The molecule has 0 aliphatic rings. The molecule has 0 aliphatic heterocycles. The van der Waals surface area contributed by atoms with Crippen LogP contribution in [-0.2, 0) is 9.63 Å². The second-order valence-electron chi connectivity index (χ2n) is 6.55. The minimum Gasteiger partial charge on any atom is -0.491 e. The molecular formula is C24H23NO4. The maximum atomic E-state index is 13.1.